The van der Waals surface area contributed by atoms with E-state index in [1.165, 1.54) is 11.3 Å². The number of anilines is 1. The van der Waals surface area contributed by atoms with Crippen LogP contribution < -0.4 is 4.90 Å². The molecule has 1 atom stereocenters. The minimum Gasteiger partial charge on any atom is -0.307 e. The first-order valence-corrected chi connectivity index (χ1v) is 8.79. The Hall–Kier alpha value is -2.43. The van der Waals surface area contributed by atoms with Crippen LogP contribution in [0, 0.1) is 11.5 Å². The number of piperazine rings is 2. The Morgan fingerprint density at radius 3 is 2.75 bits per heavy atom. The van der Waals surface area contributed by atoms with Gasteiger partial charge in [-0.1, -0.05) is 41.7 Å². The lowest BCUT2D eigenvalue weighted by Gasteiger charge is -2.44. The summed E-state index contributed by atoms with van der Waals surface area (Å²) in [4.78, 5) is 24.0. The number of hydrogen-bond acceptors (Lipinski definition) is 6. The van der Waals surface area contributed by atoms with Crippen molar-refractivity contribution >= 4 is 22.4 Å². The highest BCUT2D eigenvalue weighted by atomic mass is 32.1. The molecule has 0 aliphatic carbocycles. The van der Waals surface area contributed by atoms with Gasteiger partial charge in [0, 0.05) is 32.4 Å². The summed E-state index contributed by atoms with van der Waals surface area (Å²) in [7, 11) is 0. The summed E-state index contributed by atoms with van der Waals surface area (Å²) in [5, 5.41) is 9.85. The number of benzene rings is 1. The average Bonchev–Trinajstić information content (AvgIpc) is 3.12. The number of aromatic nitrogens is 1. The molecule has 0 bridgehead atoms. The molecule has 2 aromatic rings. The largest absolute Gasteiger partial charge is 0.307 e. The van der Waals surface area contributed by atoms with E-state index >= 15 is 0 Å². The lowest BCUT2D eigenvalue weighted by Crippen LogP contribution is -2.64. The van der Waals surface area contributed by atoms with Gasteiger partial charge in [0.2, 0.25) is 5.91 Å². The third-order valence-corrected chi connectivity index (χ3v) is 5.65. The van der Waals surface area contributed by atoms with Crippen LogP contribution in [-0.4, -0.2) is 59.5 Å². The third kappa shape index (κ3) is 2.64. The Morgan fingerprint density at radius 1 is 1.17 bits per heavy atom. The second-order valence-corrected chi connectivity index (χ2v) is 6.97. The summed E-state index contributed by atoms with van der Waals surface area (Å²) < 4.78 is 0. The van der Waals surface area contributed by atoms with Crippen LogP contribution in [0.15, 0.2) is 36.5 Å². The predicted octanol–water partition coefficient (Wildman–Crippen LogP) is 1.62. The topological polar surface area (TPSA) is 63.5 Å². The zero-order valence-corrected chi connectivity index (χ0v) is 13.9. The van der Waals surface area contributed by atoms with Crippen LogP contribution in [0.25, 0.3) is 10.4 Å². The van der Waals surface area contributed by atoms with Crippen LogP contribution in [0.1, 0.15) is 0 Å². The van der Waals surface area contributed by atoms with Gasteiger partial charge >= 0.3 is 0 Å². The number of nitrogens with zero attached hydrogens (tertiary/aromatic N) is 5. The average molecular weight is 339 g/mol. The molecule has 2 aliphatic rings. The minimum atomic E-state index is -0.240. The fourth-order valence-corrected chi connectivity index (χ4v) is 4.20. The van der Waals surface area contributed by atoms with Crippen LogP contribution in [-0.2, 0) is 4.79 Å². The van der Waals surface area contributed by atoms with E-state index in [0.717, 1.165) is 28.7 Å². The Bertz CT molecular complexity index is 784. The van der Waals surface area contributed by atoms with Gasteiger partial charge in [0.15, 0.2) is 11.3 Å². The molecule has 0 N–H and O–H groups in total. The van der Waals surface area contributed by atoms with Crippen molar-refractivity contribution in [1.82, 2.24) is 14.8 Å². The van der Waals surface area contributed by atoms with Gasteiger partial charge in [-0.2, -0.15) is 5.26 Å². The smallest absolute Gasteiger partial charge is 0.248 e. The standard InChI is InChI=1S/C17H17N5OS/c18-12-20-6-7-21-8-9-22(16(23)14(21)11-20)17-19-10-15(24-17)13-4-2-1-3-5-13/h1-5,10,14H,6-9,11H2. The molecule has 7 heteroatoms. The van der Waals surface area contributed by atoms with E-state index in [4.69, 9.17) is 5.26 Å². The number of carbonyl (C=O) groups is 1. The van der Waals surface area contributed by atoms with Gasteiger partial charge < -0.3 is 4.90 Å². The monoisotopic (exact) mass is 339 g/mol. The van der Waals surface area contributed by atoms with E-state index in [-0.39, 0.29) is 11.9 Å². The second-order valence-electron chi connectivity index (χ2n) is 5.96. The third-order valence-electron chi connectivity index (χ3n) is 4.58. The maximum absolute atomic E-state index is 12.9. The summed E-state index contributed by atoms with van der Waals surface area (Å²) in [5.41, 5.74) is 1.11. The van der Waals surface area contributed by atoms with Crippen molar-refractivity contribution in [3.63, 3.8) is 0 Å². The van der Waals surface area contributed by atoms with Gasteiger partial charge in [0.1, 0.15) is 6.04 Å². The normalized spacial score (nSPS) is 21.5. The molecule has 2 saturated heterocycles. The van der Waals surface area contributed by atoms with Crippen molar-refractivity contribution in [3.8, 4) is 16.6 Å². The Labute approximate surface area is 144 Å². The number of amides is 1. The summed E-state index contributed by atoms with van der Waals surface area (Å²) >= 11 is 1.54. The molecule has 1 aromatic carbocycles. The maximum atomic E-state index is 12.9. The summed E-state index contributed by atoms with van der Waals surface area (Å²) in [6, 6.07) is 9.83. The van der Waals surface area contributed by atoms with Crippen LogP contribution in [0.5, 0.6) is 0 Å². The zero-order chi connectivity index (χ0) is 16.5. The maximum Gasteiger partial charge on any atom is 0.248 e. The van der Waals surface area contributed by atoms with Crippen molar-refractivity contribution < 1.29 is 4.79 Å². The molecule has 1 aromatic heterocycles. The predicted molar refractivity (Wildman–Crippen MR) is 92.5 cm³/mol. The lowest BCUT2D eigenvalue weighted by molar-refractivity contribution is -0.127. The molecule has 0 spiro atoms. The zero-order valence-electron chi connectivity index (χ0n) is 13.1. The van der Waals surface area contributed by atoms with Gasteiger partial charge in [0.05, 0.1) is 11.4 Å². The van der Waals surface area contributed by atoms with Crippen molar-refractivity contribution in [2.45, 2.75) is 6.04 Å². The molecule has 6 nitrogen and oxygen atoms in total. The molecule has 0 saturated carbocycles. The Kier molecular flexibility index (Phi) is 3.92. The van der Waals surface area contributed by atoms with Crippen molar-refractivity contribution in [1.29, 1.82) is 5.26 Å². The van der Waals surface area contributed by atoms with Crippen LogP contribution in [0.4, 0.5) is 5.13 Å². The lowest BCUT2D eigenvalue weighted by atomic mass is 10.1. The quantitative estimate of drug-likeness (QED) is 0.778. The molecule has 3 heterocycles. The van der Waals surface area contributed by atoms with Gasteiger partial charge in [-0.25, -0.2) is 4.98 Å². The number of fused-ring (bicyclic) bond motifs is 1. The van der Waals surface area contributed by atoms with Crippen molar-refractivity contribution in [3.05, 3.63) is 36.5 Å². The summed E-state index contributed by atoms with van der Waals surface area (Å²) in [5.74, 6) is 0.0511. The van der Waals surface area contributed by atoms with Crippen LogP contribution >= 0.6 is 11.3 Å². The molecule has 0 radical (unpaired) electrons. The van der Waals surface area contributed by atoms with E-state index in [0.29, 0.717) is 19.6 Å². The Morgan fingerprint density at radius 2 is 1.96 bits per heavy atom. The molecule has 4 rings (SSSR count). The number of nitriles is 1. The second kappa shape index (κ2) is 6.23. The number of thiazole rings is 1. The summed E-state index contributed by atoms with van der Waals surface area (Å²) in [6.45, 7) is 3.43. The van der Waals surface area contributed by atoms with Gasteiger partial charge in [-0.15, -0.1) is 0 Å². The molecule has 1 unspecified atom stereocenters. The van der Waals surface area contributed by atoms with Gasteiger partial charge in [0.25, 0.3) is 0 Å². The molecule has 2 aliphatic heterocycles. The molecule has 122 valence electrons. The molecule has 1 amide bonds. The van der Waals surface area contributed by atoms with E-state index in [2.05, 4.69) is 16.1 Å². The number of carbonyl (C=O) groups excluding carboxylic acids is 1. The van der Waals surface area contributed by atoms with E-state index in [9.17, 15) is 4.79 Å². The first-order chi connectivity index (χ1) is 11.8. The molecule has 24 heavy (non-hydrogen) atoms. The first kappa shape index (κ1) is 15.1. The minimum absolute atomic E-state index is 0.0511. The fraction of sp³-hybridized carbons (Fsp3) is 0.353. The van der Waals surface area contributed by atoms with Crippen molar-refractivity contribution in [2.75, 3.05) is 37.6 Å². The highest BCUT2D eigenvalue weighted by molar-refractivity contribution is 7.19. The van der Waals surface area contributed by atoms with Crippen molar-refractivity contribution in [2.24, 2.45) is 0 Å². The number of hydrogen-bond donors (Lipinski definition) is 0. The SMILES string of the molecule is N#CN1CCN2CCN(c3ncc(-c4ccccc4)s3)C(=O)C2C1. The summed E-state index contributed by atoms with van der Waals surface area (Å²) in [6.07, 6.45) is 3.99. The first-order valence-electron chi connectivity index (χ1n) is 7.97. The highest BCUT2D eigenvalue weighted by Crippen LogP contribution is 2.32. The van der Waals surface area contributed by atoms with E-state index < -0.39 is 0 Å². The molecule has 2 fully saturated rings. The van der Waals surface area contributed by atoms with Crippen LogP contribution in [0.3, 0.4) is 0 Å². The highest BCUT2D eigenvalue weighted by Gasteiger charge is 2.39. The van der Waals surface area contributed by atoms with Crippen LogP contribution in [0.2, 0.25) is 0 Å². The van der Waals surface area contributed by atoms with Gasteiger partial charge in [-0.05, 0) is 5.56 Å². The molecular formula is C17H17N5OS. The fourth-order valence-electron chi connectivity index (χ4n) is 3.25. The van der Waals surface area contributed by atoms with E-state index in [1.54, 1.807) is 9.80 Å². The van der Waals surface area contributed by atoms with Gasteiger partial charge in [-0.3, -0.25) is 14.6 Å². The van der Waals surface area contributed by atoms with E-state index in [1.807, 2.05) is 36.5 Å². The molecular weight excluding hydrogens is 322 g/mol. The number of rotatable bonds is 2. The Balaban J connectivity index is 1.56.